The lowest BCUT2D eigenvalue weighted by atomic mass is 9.99. The molecule has 200 valence electrons. The van der Waals surface area contributed by atoms with Gasteiger partial charge in [-0.1, -0.05) is 41.9 Å². The monoisotopic (exact) mass is 555 g/mol. The number of ketones is 2. The number of benzene rings is 2. The van der Waals surface area contributed by atoms with Crippen molar-refractivity contribution in [3.8, 4) is 5.88 Å². The molecule has 2 fully saturated rings. The number of halogens is 1. The molecule has 5 rings (SSSR count). The van der Waals surface area contributed by atoms with Gasteiger partial charge in [0.2, 0.25) is 11.7 Å². The summed E-state index contributed by atoms with van der Waals surface area (Å²) in [6, 6.07) is 12.1. The smallest absolute Gasteiger partial charge is 0.223 e. The number of sulfone groups is 1. The van der Waals surface area contributed by atoms with Crippen molar-refractivity contribution < 1.29 is 22.7 Å². The summed E-state index contributed by atoms with van der Waals surface area (Å²) in [6.45, 7) is 0.0522. The predicted molar refractivity (Wildman–Crippen MR) is 144 cm³/mol. The highest BCUT2D eigenvalue weighted by Crippen LogP contribution is 2.44. The number of carbonyl (C=O) groups is 2. The van der Waals surface area contributed by atoms with Crippen LogP contribution >= 0.6 is 11.6 Å². The van der Waals surface area contributed by atoms with Crippen LogP contribution in [-0.2, 0) is 23.4 Å². The molecule has 1 aromatic heterocycles. The van der Waals surface area contributed by atoms with Crippen molar-refractivity contribution in [3.63, 3.8) is 0 Å². The van der Waals surface area contributed by atoms with E-state index in [2.05, 4.69) is 10.00 Å². The van der Waals surface area contributed by atoms with Crippen LogP contribution in [0.15, 0.2) is 47.4 Å². The average Bonchev–Trinajstić information content (AvgIpc) is 3.80. The lowest BCUT2D eigenvalue weighted by Gasteiger charge is -2.20. The molecule has 8 nitrogen and oxygen atoms in total. The molecule has 0 radical (unpaired) electrons. The van der Waals surface area contributed by atoms with Gasteiger partial charge in [0.15, 0.2) is 22.2 Å². The van der Waals surface area contributed by atoms with Gasteiger partial charge in [-0.05, 0) is 44.9 Å². The van der Waals surface area contributed by atoms with Crippen LogP contribution in [0.5, 0.6) is 5.88 Å². The lowest BCUT2D eigenvalue weighted by Crippen LogP contribution is -2.22. The van der Waals surface area contributed by atoms with E-state index in [-0.39, 0.29) is 45.2 Å². The van der Waals surface area contributed by atoms with Crippen LogP contribution in [0.4, 0.5) is 0 Å². The van der Waals surface area contributed by atoms with Crippen molar-refractivity contribution in [1.29, 1.82) is 0 Å². The molecular weight excluding hydrogens is 526 g/mol. The summed E-state index contributed by atoms with van der Waals surface area (Å²) in [5, 5.41) is 4.68. The summed E-state index contributed by atoms with van der Waals surface area (Å²) in [7, 11) is 0.0279. The fourth-order valence-corrected chi connectivity index (χ4v) is 5.99. The highest BCUT2D eigenvalue weighted by Gasteiger charge is 2.37. The van der Waals surface area contributed by atoms with Gasteiger partial charge < -0.3 is 4.74 Å². The summed E-state index contributed by atoms with van der Waals surface area (Å²) < 4.78 is 32.6. The molecule has 0 atom stereocenters. The normalized spacial score (nSPS) is 15.6. The third kappa shape index (κ3) is 5.41. The van der Waals surface area contributed by atoms with Gasteiger partial charge in [0.05, 0.1) is 15.6 Å². The molecule has 10 heteroatoms. The van der Waals surface area contributed by atoms with Gasteiger partial charge >= 0.3 is 0 Å². The minimum Gasteiger partial charge on any atom is -0.469 e. The highest BCUT2D eigenvalue weighted by atomic mass is 35.5. The van der Waals surface area contributed by atoms with E-state index in [1.54, 1.807) is 31.3 Å². The molecular formula is C28H30ClN3O5S. The number of carbonyl (C=O) groups excluding carboxylic acids is 2. The lowest BCUT2D eigenvalue weighted by molar-refractivity contribution is 0.0908. The topological polar surface area (TPSA) is 98.6 Å². The van der Waals surface area contributed by atoms with Gasteiger partial charge in [0.1, 0.15) is 5.56 Å². The van der Waals surface area contributed by atoms with Crippen molar-refractivity contribution in [2.45, 2.75) is 49.1 Å². The van der Waals surface area contributed by atoms with Gasteiger partial charge in [-0.3, -0.25) is 14.5 Å². The van der Waals surface area contributed by atoms with E-state index in [0.29, 0.717) is 29.4 Å². The molecule has 38 heavy (non-hydrogen) atoms. The van der Waals surface area contributed by atoms with E-state index in [4.69, 9.17) is 16.3 Å². The molecule has 2 aliphatic rings. The van der Waals surface area contributed by atoms with Gasteiger partial charge in [-0.2, -0.15) is 5.10 Å². The molecule has 0 unspecified atom stereocenters. The molecule has 0 N–H and O–H groups in total. The Hall–Kier alpha value is -3.01. The number of nitrogens with zero attached hydrogens (tertiary/aromatic N) is 3. The number of Topliss-reactive ketones (excluding diaryl/α,β-unsaturated/α-hetero) is 1. The van der Waals surface area contributed by atoms with E-state index < -0.39 is 15.6 Å². The Morgan fingerprint density at radius 3 is 2.39 bits per heavy atom. The molecule has 2 aliphatic carbocycles. The first-order valence-electron chi connectivity index (χ1n) is 12.6. The summed E-state index contributed by atoms with van der Waals surface area (Å²) in [6.07, 6.45) is 5.03. The molecule has 2 aromatic carbocycles. The SMILES string of the molecule is CN(Cc1c(S(C)(=O)=O)ccc(C(=O)c2c(C3CC3)nn(C)c2OCC(=O)c2ccccc2)c1Cl)C1CC1. The van der Waals surface area contributed by atoms with Crippen LogP contribution in [0, 0.1) is 0 Å². The molecule has 0 amide bonds. The summed E-state index contributed by atoms with van der Waals surface area (Å²) in [5.41, 5.74) is 1.99. The molecule has 0 bridgehead atoms. The number of ether oxygens (including phenoxy) is 1. The van der Waals surface area contributed by atoms with Crippen LogP contribution < -0.4 is 4.74 Å². The van der Waals surface area contributed by atoms with Crippen LogP contribution in [0.3, 0.4) is 0 Å². The van der Waals surface area contributed by atoms with E-state index >= 15 is 0 Å². The molecule has 2 saturated carbocycles. The summed E-state index contributed by atoms with van der Waals surface area (Å²) in [5.74, 6) is -0.306. The average molecular weight is 556 g/mol. The molecule has 0 spiro atoms. The number of rotatable bonds is 11. The van der Waals surface area contributed by atoms with Crippen LogP contribution in [0.2, 0.25) is 5.02 Å². The zero-order valence-electron chi connectivity index (χ0n) is 21.6. The summed E-state index contributed by atoms with van der Waals surface area (Å²) in [4.78, 5) is 28.9. The van der Waals surface area contributed by atoms with Crippen LogP contribution in [-0.4, -0.2) is 60.6 Å². The Morgan fingerprint density at radius 2 is 1.79 bits per heavy atom. The Balaban J connectivity index is 1.53. The second-order valence-electron chi connectivity index (χ2n) is 10.2. The fraction of sp³-hybridized carbons (Fsp3) is 0.393. The third-order valence-electron chi connectivity index (χ3n) is 7.07. The van der Waals surface area contributed by atoms with Crippen molar-refractivity contribution >= 4 is 33.0 Å². The first kappa shape index (κ1) is 26.6. The van der Waals surface area contributed by atoms with Gasteiger partial charge in [-0.25, -0.2) is 13.1 Å². The maximum Gasteiger partial charge on any atom is 0.223 e. The zero-order valence-corrected chi connectivity index (χ0v) is 23.2. The summed E-state index contributed by atoms with van der Waals surface area (Å²) >= 11 is 6.81. The first-order valence-corrected chi connectivity index (χ1v) is 14.9. The van der Waals surface area contributed by atoms with Gasteiger partial charge in [0.25, 0.3) is 0 Å². The van der Waals surface area contributed by atoms with Crippen molar-refractivity contribution in [2.75, 3.05) is 19.9 Å². The molecule has 1 heterocycles. The van der Waals surface area contributed by atoms with Crippen molar-refractivity contribution in [3.05, 3.63) is 75.4 Å². The molecule has 0 aliphatic heterocycles. The van der Waals surface area contributed by atoms with E-state index in [9.17, 15) is 18.0 Å². The maximum absolute atomic E-state index is 14.0. The minimum atomic E-state index is -3.58. The number of hydrogen-bond donors (Lipinski definition) is 0. The Labute approximate surface area is 227 Å². The van der Waals surface area contributed by atoms with Gasteiger partial charge in [-0.15, -0.1) is 0 Å². The quantitative estimate of drug-likeness (QED) is 0.322. The second-order valence-corrected chi connectivity index (χ2v) is 12.6. The van der Waals surface area contributed by atoms with E-state index in [1.807, 2.05) is 13.1 Å². The third-order valence-corrected chi connectivity index (χ3v) is 8.68. The predicted octanol–water partition coefficient (Wildman–Crippen LogP) is 4.44. The zero-order chi connectivity index (χ0) is 27.2. The number of aromatic nitrogens is 2. The maximum atomic E-state index is 14.0. The molecule has 0 saturated heterocycles. The van der Waals surface area contributed by atoms with E-state index in [1.165, 1.54) is 16.8 Å². The van der Waals surface area contributed by atoms with Crippen molar-refractivity contribution in [1.82, 2.24) is 14.7 Å². The highest BCUT2D eigenvalue weighted by molar-refractivity contribution is 7.90. The first-order chi connectivity index (χ1) is 18.1. The van der Waals surface area contributed by atoms with Gasteiger partial charge in [0, 0.05) is 48.5 Å². The Morgan fingerprint density at radius 1 is 1.11 bits per heavy atom. The molecule has 3 aromatic rings. The largest absolute Gasteiger partial charge is 0.469 e. The number of hydrogen-bond acceptors (Lipinski definition) is 7. The standard InChI is InChI=1S/C28H30ClN3O5S/c1-31(19-11-12-19)15-21-23(38(3,35)36)14-13-20(25(21)29)27(34)24-26(18-9-10-18)30-32(2)28(24)37-16-22(33)17-7-5-4-6-8-17/h4-8,13-14,18-19H,9-12,15-16H2,1-3H3. The second kappa shape index (κ2) is 10.3. The van der Waals surface area contributed by atoms with Crippen molar-refractivity contribution in [2.24, 2.45) is 7.05 Å². The Kier molecular flexibility index (Phi) is 7.19. The minimum absolute atomic E-state index is 0.113. The van der Waals surface area contributed by atoms with E-state index in [0.717, 1.165) is 31.9 Å². The fourth-order valence-electron chi connectivity index (χ4n) is 4.69. The Bertz CT molecular complexity index is 1510. The van der Waals surface area contributed by atoms with Crippen LogP contribution in [0.25, 0.3) is 0 Å². The number of aryl methyl sites for hydroxylation is 1. The van der Waals surface area contributed by atoms with Crippen LogP contribution in [0.1, 0.15) is 69.1 Å².